The molecule has 0 aliphatic heterocycles. The van der Waals surface area contributed by atoms with Gasteiger partial charge in [-0.2, -0.15) is 0 Å². The maximum Gasteiger partial charge on any atom is 0.319 e. The molecular formula is C14H23N3O4S. The van der Waals surface area contributed by atoms with Crippen LogP contribution >= 0.6 is 0 Å². The van der Waals surface area contributed by atoms with Crippen LogP contribution in [0.3, 0.4) is 0 Å². The number of benzene rings is 1. The van der Waals surface area contributed by atoms with Gasteiger partial charge in [-0.3, -0.25) is 4.72 Å². The molecule has 2 amide bonds. The Hall–Kier alpha value is -1.80. The Kier molecular flexibility index (Phi) is 7.13. The van der Waals surface area contributed by atoms with E-state index in [1.165, 1.54) is 0 Å². The molecule has 3 N–H and O–H groups in total. The monoisotopic (exact) mass is 329 g/mol. The van der Waals surface area contributed by atoms with Gasteiger partial charge in [0.15, 0.2) is 0 Å². The second kappa shape index (κ2) is 8.60. The third-order valence-electron chi connectivity index (χ3n) is 2.66. The first-order valence-electron chi connectivity index (χ1n) is 7.03. The number of anilines is 2. The number of ether oxygens (including phenoxy) is 1. The van der Waals surface area contributed by atoms with Gasteiger partial charge in [-0.1, -0.05) is 13.0 Å². The number of methoxy groups -OCH3 is 1. The third-order valence-corrected chi connectivity index (χ3v) is 4.15. The largest absolute Gasteiger partial charge is 0.383 e. The number of carbonyl (C=O) groups excluding carboxylic acids is 1. The minimum absolute atomic E-state index is 0.0552. The summed E-state index contributed by atoms with van der Waals surface area (Å²) in [4.78, 5) is 11.8. The molecule has 0 heterocycles. The number of hydrogen-bond donors (Lipinski definition) is 3. The highest BCUT2D eigenvalue weighted by Crippen LogP contribution is 2.16. The Balaban J connectivity index is 2.66. The lowest BCUT2D eigenvalue weighted by molar-refractivity contribution is 0.173. The van der Waals surface area contributed by atoms with E-state index in [2.05, 4.69) is 15.4 Å². The molecule has 124 valence electrons. The first-order valence-corrected chi connectivity index (χ1v) is 8.68. The minimum atomic E-state index is -3.35. The quantitative estimate of drug-likeness (QED) is 0.679. The molecule has 0 saturated heterocycles. The van der Waals surface area contributed by atoms with Gasteiger partial charge in [-0.15, -0.1) is 0 Å². The lowest BCUT2D eigenvalue weighted by Crippen LogP contribution is -2.38. The first-order chi connectivity index (χ1) is 10.4. The summed E-state index contributed by atoms with van der Waals surface area (Å²) in [5, 5.41) is 5.35. The van der Waals surface area contributed by atoms with E-state index in [0.29, 0.717) is 24.4 Å². The first kappa shape index (κ1) is 18.2. The lowest BCUT2D eigenvalue weighted by atomic mass is 10.3. The van der Waals surface area contributed by atoms with Crippen LogP contribution in [0.25, 0.3) is 0 Å². The van der Waals surface area contributed by atoms with E-state index in [4.69, 9.17) is 4.74 Å². The predicted molar refractivity (Wildman–Crippen MR) is 87.6 cm³/mol. The molecule has 1 atom stereocenters. The van der Waals surface area contributed by atoms with Crippen LogP contribution < -0.4 is 15.4 Å². The van der Waals surface area contributed by atoms with Crippen molar-refractivity contribution < 1.29 is 17.9 Å². The summed E-state index contributed by atoms with van der Waals surface area (Å²) in [7, 11) is -1.79. The van der Waals surface area contributed by atoms with E-state index < -0.39 is 10.0 Å². The van der Waals surface area contributed by atoms with Crippen LogP contribution in [-0.4, -0.2) is 40.0 Å². The van der Waals surface area contributed by atoms with Crippen molar-refractivity contribution in [3.63, 3.8) is 0 Å². The van der Waals surface area contributed by atoms with Crippen LogP contribution in [0, 0.1) is 0 Å². The smallest absolute Gasteiger partial charge is 0.319 e. The van der Waals surface area contributed by atoms with E-state index in [0.717, 1.165) is 0 Å². The second-order valence-electron chi connectivity index (χ2n) is 4.96. The molecule has 0 spiro atoms. The zero-order valence-corrected chi connectivity index (χ0v) is 13.9. The van der Waals surface area contributed by atoms with Gasteiger partial charge in [-0.05, 0) is 31.5 Å². The number of rotatable bonds is 8. The SMILES string of the molecule is CCCS(=O)(=O)Nc1cccc(NC(=O)N[C@H](C)COC)c1. The van der Waals surface area contributed by atoms with Crippen molar-refractivity contribution in [3.8, 4) is 0 Å². The fourth-order valence-electron chi connectivity index (χ4n) is 1.84. The van der Waals surface area contributed by atoms with Crippen LogP contribution in [0.15, 0.2) is 24.3 Å². The molecule has 0 aliphatic carbocycles. The fourth-order valence-corrected chi connectivity index (χ4v) is 2.97. The molecule has 0 bridgehead atoms. The van der Waals surface area contributed by atoms with Crippen LogP contribution in [0.5, 0.6) is 0 Å². The highest BCUT2D eigenvalue weighted by atomic mass is 32.2. The van der Waals surface area contributed by atoms with Crippen molar-refractivity contribution in [1.29, 1.82) is 0 Å². The van der Waals surface area contributed by atoms with Crippen molar-refractivity contribution in [3.05, 3.63) is 24.3 Å². The zero-order valence-electron chi connectivity index (χ0n) is 13.0. The molecule has 0 fully saturated rings. The molecule has 0 aromatic heterocycles. The van der Waals surface area contributed by atoms with Crippen molar-refractivity contribution in [2.45, 2.75) is 26.3 Å². The average Bonchev–Trinajstić information content (AvgIpc) is 2.38. The van der Waals surface area contributed by atoms with Crippen molar-refractivity contribution >= 4 is 27.4 Å². The summed E-state index contributed by atoms with van der Waals surface area (Å²) >= 11 is 0. The minimum Gasteiger partial charge on any atom is -0.383 e. The Morgan fingerprint density at radius 3 is 2.64 bits per heavy atom. The third kappa shape index (κ3) is 6.77. The Morgan fingerprint density at radius 1 is 1.32 bits per heavy atom. The van der Waals surface area contributed by atoms with Gasteiger partial charge in [0.2, 0.25) is 10.0 Å². The molecule has 1 rings (SSSR count). The van der Waals surface area contributed by atoms with E-state index in [1.807, 2.05) is 6.92 Å². The summed E-state index contributed by atoms with van der Waals surface area (Å²) in [5.74, 6) is 0.0552. The van der Waals surface area contributed by atoms with Gasteiger partial charge in [0.1, 0.15) is 0 Å². The molecule has 8 heteroatoms. The molecule has 1 aromatic carbocycles. The number of carbonyl (C=O) groups is 1. The summed E-state index contributed by atoms with van der Waals surface area (Å²) in [6.45, 7) is 4.02. The number of sulfonamides is 1. The van der Waals surface area contributed by atoms with Crippen LogP contribution in [0.1, 0.15) is 20.3 Å². The maximum absolute atomic E-state index is 11.8. The maximum atomic E-state index is 11.8. The molecule has 0 unspecified atom stereocenters. The Bertz CT molecular complexity index is 590. The molecule has 0 radical (unpaired) electrons. The summed E-state index contributed by atoms with van der Waals surface area (Å²) < 4.78 is 30.9. The summed E-state index contributed by atoms with van der Waals surface area (Å²) in [6.07, 6.45) is 0.535. The average molecular weight is 329 g/mol. The molecule has 1 aromatic rings. The van der Waals surface area contributed by atoms with Gasteiger partial charge in [0.25, 0.3) is 0 Å². The molecule has 7 nitrogen and oxygen atoms in total. The van der Waals surface area contributed by atoms with Gasteiger partial charge in [-0.25, -0.2) is 13.2 Å². The highest BCUT2D eigenvalue weighted by Gasteiger charge is 2.10. The van der Waals surface area contributed by atoms with E-state index in [-0.39, 0.29) is 17.8 Å². The zero-order chi connectivity index (χ0) is 16.6. The second-order valence-corrected chi connectivity index (χ2v) is 6.80. The lowest BCUT2D eigenvalue weighted by Gasteiger charge is -2.14. The topological polar surface area (TPSA) is 96.5 Å². The number of amides is 2. The molecule has 0 aliphatic rings. The highest BCUT2D eigenvalue weighted by molar-refractivity contribution is 7.92. The van der Waals surface area contributed by atoms with Crippen molar-refractivity contribution in [2.75, 3.05) is 29.5 Å². The summed E-state index contributed by atoms with van der Waals surface area (Å²) in [6, 6.07) is 6.03. The van der Waals surface area contributed by atoms with Crippen LogP contribution in [0.2, 0.25) is 0 Å². The molecule has 0 saturated carbocycles. The predicted octanol–water partition coefficient (Wildman–Crippen LogP) is 1.99. The van der Waals surface area contributed by atoms with Gasteiger partial charge < -0.3 is 15.4 Å². The van der Waals surface area contributed by atoms with E-state index >= 15 is 0 Å². The standard InChI is InChI=1S/C14H23N3O4S/c1-4-8-22(19,20)17-13-7-5-6-12(9-13)16-14(18)15-11(2)10-21-3/h5-7,9,11,17H,4,8,10H2,1-3H3,(H2,15,16,18)/t11-/m1/s1. The Labute approximate surface area is 131 Å². The number of nitrogens with one attached hydrogen (secondary N) is 3. The van der Waals surface area contributed by atoms with Gasteiger partial charge >= 0.3 is 6.03 Å². The Morgan fingerprint density at radius 2 is 2.00 bits per heavy atom. The normalized spacial score (nSPS) is 12.5. The number of urea groups is 1. The summed E-state index contributed by atoms with van der Waals surface area (Å²) in [5.41, 5.74) is 0.912. The van der Waals surface area contributed by atoms with E-state index in [9.17, 15) is 13.2 Å². The molecular weight excluding hydrogens is 306 g/mol. The van der Waals surface area contributed by atoms with Gasteiger partial charge in [0.05, 0.1) is 24.1 Å². The number of hydrogen-bond acceptors (Lipinski definition) is 4. The van der Waals surface area contributed by atoms with Crippen molar-refractivity contribution in [2.24, 2.45) is 0 Å². The van der Waals surface area contributed by atoms with Crippen molar-refractivity contribution in [1.82, 2.24) is 5.32 Å². The van der Waals surface area contributed by atoms with Gasteiger partial charge in [0, 0.05) is 12.8 Å². The van der Waals surface area contributed by atoms with Crippen LogP contribution in [-0.2, 0) is 14.8 Å². The van der Waals surface area contributed by atoms with Crippen LogP contribution in [0.4, 0.5) is 16.2 Å². The molecule has 22 heavy (non-hydrogen) atoms. The fraction of sp³-hybridized carbons (Fsp3) is 0.500. The van der Waals surface area contributed by atoms with E-state index in [1.54, 1.807) is 38.3 Å².